The predicted molar refractivity (Wildman–Crippen MR) is 567 cm³/mol. The van der Waals surface area contributed by atoms with Crippen LogP contribution in [0.4, 0.5) is 0 Å². The van der Waals surface area contributed by atoms with Gasteiger partial charge in [-0.3, -0.25) is 9.80 Å². The van der Waals surface area contributed by atoms with Gasteiger partial charge in [0.1, 0.15) is 0 Å². The standard InChI is InChI=1S/C17H31N.C17H29N.C15H27NO.C15H29N.C15H27N.2C14H27NO2.C13H23N/c2*1-12(2)11-18-15-5-6-16(18)10-17(9-15)7-14(8-17)13(3)4;1-12(2)10-16-7-5-15(6-8-16)9-14(11-17-15)13(3)4;2*1-12(2)11-16-7-5-15(6-8-16)9-14(10-15)13(3)4;1-11(2)9-15-7-5-14(6-8-15)10-16-13(17-14)12(3)4;1-11(2)9-15-7-5-14(6-8-15)16-10-13(17-14)12(3)4;1-10(2)7-14-8-13(9-14)5-12(6-13)11(3)4/h12-16H,5-11H2,1-4H3;7,12-13,15-16H,5-6,8-11H2,1-4H3;9,12-13H,5-8,10-11H2,1-4H3;12-14H,5-11H2,1-4H3;9,12-13H,5-8,10-11H2,1-4H3;2*11-13H,5-10H2,1-4H3;5,10-11H,6-9H2,1-4H3. The molecule has 133 heavy (non-hydrogen) atoms. The summed E-state index contributed by atoms with van der Waals surface area (Å²) in [7, 11) is 0. The van der Waals surface area contributed by atoms with E-state index in [0.29, 0.717) is 40.1 Å². The zero-order valence-corrected chi connectivity index (χ0v) is 93.7. The van der Waals surface area contributed by atoms with Crippen molar-refractivity contribution in [2.45, 2.75) is 436 Å². The Hall–Kier alpha value is -1.56. The molecule has 5 aliphatic carbocycles. The normalized spacial score (nSPS) is 30.9. The lowest BCUT2D eigenvalue weighted by Crippen LogP contribution is -2.59. The van der Waals surface area contributed by atoms with Crippen LogP contribution < -0.4 is 0 Å². The highest BCUT2D eigenvalue weighted by Crippen LogP contribution is 2.61. The average Bonchev–Trinajstić information content (AvgIpc) is 1.69. The minimum Gasteiger partial charge on any atom is -0.366 e. The molecule has 13 aliphatic heterocycles. The van der Waals surface area contributed by atoms with Crippen molar-refractivity contribution in [2.75, 3.05) is 151 Å². The van der Waals surface area contributed by atoms with Crippen molar-refractivity contribution in [1.29, 1.82) is 0 Å². The molecule has 13 nitrogen and oxygen atoms in total. The van der Waals surface area contributed by atoms with Gasteiger partial charge < -0.3 is 53.1 Å². The molecule has 6 unspecified atom stereocenters. The lowest BCUT2D eigenvalue weighted by atomic mass is 9.54. The Morgan fingerprint density at radius 1 is 0.301 bits per heavy atom. The van der Waals surface area contributed by atoms with Gasteiger partial charge in [-0.25, -0.2) is 0 Å². The zero-order chi connectivity index (χ0) is 97.1. The number of allylic oxidation sites excluding steroid dienone is 5. The van der Waals surface area contributed by atoms with Gasteiger partial charge in [-0.1, -0.05) is 263 Å². The molecule has 13 heteroatoms. The van der Waals surface area contributed by atoms with Crippen molar-refractivity contribution < 1.29 is 23.7 Å². The molecular weight excluding hydrogens is 1630 g/mol. The molecule has 0 aromatic carbocycles. The first-order valence-electron chi connectivity index (χ1n) is 57.5. The first-order valence-corrected chi connectivity index (χ1v) is 57.5. The Morgan fingerprint density at radius 3 is 0.985 bits per heavy atom. The van der Waals surface area contributed by atoms with Crippen molar-refractivity contribution in [2.24, 2.45) is 134 Å². The Bertz CT molecular complexity index is 3450. The van der Waals surface area contributed by atoms with Crippen LogP contribution in [0.2, 0.25) is 0 Å². The molecule has 4 bridgehead atoms. The first-order chi connectivity index (χ1) is 62.5. The van der Waals surface area contributed by atoms with E-state index in [-0.39, 0.29) is 23.3 Å². The van der Waals surface area contributed by atoms with E-state index >= 15 is 0 Å². The number of hydrogen-bond donors (Lipinski definition) is 0. The molecule has 6 atom stereocenters. The Labute approximate surface area is 824 Å². The SMILES string of the molecule is CC(C)CN1C2CCC1CC1(C=C(C(C)C)C1)C2.CC(C)CN1C2CCC1CC1(CC(C(C)C)C1)C2.CC(C)CN1CC2(C=C(C(C)C)C2)C1.CC(C)CN1CCC2(C=C(C(C)C)C2)CC1.CC(C)CN1CCC2(C=C(C(C)C)CO2)CC1.CC(C)CN1CCC2(CC1)CC(C(C)C)C2.CC(C)CN1CCC2(CC1)COC(C(C)C)O2.CC(C)CN1CCC2(CC1)OCC(C(C)C)O2. The molecule has 0 aromatic rings. The largest absolute Gasteiger partial charge is 0.366 e. The average molecular weight is 1860 g/mol. The topological polar surface area (TPSA) is 72.1 Å². The summed E-state index contributed by atoms with van der Waals surface area (Å²) in [6, 6.07) is 3.69. The van der Waals surface area contributed by atoms with Gasteiger partial charge in [-0.15, -0.1) is 0 Å². The van der Waals surface area contributed by atoms with Crippen LogP contribution in [0.5, 0.6) is 0 Å². The van der Waals surface area contributed by atoms with Crippen molar-refractivity contribution in [1.82, 2.24) is 39.2 Å². The summed E-state index contributed by atoms with van der Waals surface area (Å²) in [6.45, 7) is 102. The highest BCUT2D eigenvalue weighted by molar-refractivity contribution is 5.31. The van der Waals surface area contributed by atoms with Gasteiger partial charge in [-0.2, -0.15) is 0 Å². The lowest BCUT2D eigenvalue weighted by Gasteiger charge is -2.56. The maximum absolute atomic E-state index is 6.16. The van der Waals surface area contributed by atoms with E-state index in [9.17, 15) is 0 Å². The number of nitrogens with zero attached hydrogens (tertiary/aromatic N) is 8. The number of likely N-dealkylation sites (tertiary alicyclic amines) is 6. The highest BCUT2D eigenvalue weighted by atomic mass is 16.7. The van der Waals surface area contributed by atoms with E-state index < -0.39 is 0 Å². The number of ether oxygens (including phenoxy) is 5. The lowest BCUT2D eigenvalue weighted by molar-refractivity contribution is -0.198. The molecule has 18 aliphatic rings. The summed E-state index contributed by atoms with van der Waals surface area (Å²) in [6.07, 6.45) is 45.2. The first kappa shape index (κ1) is 112. The molecule has 2 saturated carbocycles. The minimum absolute atomic E-state index is 0.0200. The number of rotatable bonds is 24. The van der Waals surface area contributed by atoms with Crippen molar-refractivity contribution in [3.63, 3.8) is 0 Å². The smallest absolute Gasteiger partial charge is 0.171 e. The second-order valence-electron chi connectivity index (χ2n) is 54.9. The Morgan fingerprint density at radius 2 is 0.639 bits per heavy atom. The van der Waals surface area contributed by atoms with Crippen LogP contribution in [0.3, 0.4) is 0 Å². The molecule has 8 spiro atoms. The second kappa shape index (κ2) is 48.9. The van der Waals surface area contributed by atoms with Gasteiger partial charge in [0.2, 0.25) is 0 Å². The number of hydrogen-bond acceptors (Lipinski definition) is 13. The zero-order valence-electron chi connectivity index (χ0n) is 93.7. The molecule has 770 valence electrons. The van der Waals surface area contributed by atoms with Gasteiger partial charge in [0, 0.05) is 153 Å². The van der Waals surface area contributed by atoms with Crippen molar-refractivity contribution in [3.05, 3.63) is 46.6 Å². The van der Waals surface area contributed by atoms with E-state index in [1.54, 1.807) is 29.6 Å². The fourth-order valence-electron chi connectivity index (χ4n) is 27.8. The Balaban J connectivity index is 0.000000147. The third kappa shape index (κ3) is 31.5. The fourth-order valence-corrected chi connectivity index (χ4v) is 27.8. The molecule has 0 amide bonds. The summed E-state index contributed by atoms with van der Waals surface area (Å²) in [4.78, 5) is 21.3. The van der Waals surface area contributed by atoms with Crippen LogP contribution in [0.15, 0.2) is 46.6 Å². The van der Waals surface area contributed by atoms with Crippen LogP contribution in [0, 0.1) is 134 Å². The molecule has 18 rings (SSSR count). The summed E-state index contributed by atoms with van der Waals surface area (Å²) in [5.41, 5.74) is 10.2. The van der Waals surface area contributed by atoms with Gasteiger partial charge in [0.05, 0.1) is 37.1 Å². The summed E-state index contributed by atoms with van der Waals surface area (Å²) >= 11 is 0. The highest BCUT2D eigenvalue weighted by Gasteiger charge is 2.56. The predicted octanol–water partition coefficient (Wildman–Crippen LogP) is 27.1. The number of fused-ring (bicyclic) bond motifs is 4. The van der Waals surface area contributed by atoms with E-state index in [4.69, 9.17) is 23.7 Å². The van der Waals surface area contributed by atoms with Crippen LogP contribution in [-0.4, -0.2) is 243 Å². The summed E-state index contributed by atoms with van der Waals surface area (Å²) in [5.74, 6) is 14.1. The molecule has 0 N–H and O–H groups in total. The van der Waals surface area contributed by atoms with E-state index in [1.165, 1.54) is 232 Å². The molecular formula is C120H220N8O5. The molecule has 0 aromatic heterocycles. The maximum Gasteiger partial charge on any atom is 0.171 e. The quantitative estimate of drug-likeness (QED) is 0.0862. The van der Waals surface area contributed by atoms with Crippen LogP contribution in [-0.2, 0) is 23.7 Å². The summed E-state index contributed by atoms with van der Waals surface area (Å²) < 4.78 is 30.1. The Kier molecular flexibility index (Phi) is 41.1. The summed E-state index contributed by atoms with van der Waals surface area (Å²) in [5, 5.41) is 0. The number of piperidine rings is 7. The molecule has 13 heterocycles. The molecule has 12 saturated heterocycles. The van der Waals surface area contributed by atoms with Crippen LogP contribution in [0.25, 0.3) is 0 Å². The van der Waals surface area contributed by atoms with Gasteiger partial charge >= 0.3 is 0 Å². The maximum atomic E-state index is 6.16. The van der Waals surface area contributed by atoms with Crippen LogP contribution >= 0.6 is 0 Å². The molecule has 0 radical (unpaired) electrons. The van der Waals surface area contributed by atoms with E-state index in [0.717, 1.165) is 195 Å². The van der Waals surface area contributed by atoms with Gasteiger partial charge in [0.15, 0.2) is 12.1 Å². The monoisotopic (exact) mass is 1850 g/mol. The molecule has 14 fully saturated rings. The van der Waals surface area contributed by atoms with Crippen LogP contribution in [0.1, 0.15) is 382 Å². The van der Waals surface area contributed by atoms with E-state index in [2.05, 4.69) is 285 Å². The van der Waals surface area contributed by atoms with E-state index in [1.807, 2.05) is 0 Å². The van der Waals surface area contributed by atoms with Gasteiger partial charge in [0.25, 0.3) is 0 Å². The second-order valence-corrected chi connectivity index (χ2v) is 54.9. The minimum atomic E-state index is -0.248. The van der Waals surface area contributed by atoms with Gasteiger partial charge in [-0.05, 0) is 302 Å². The third-order valence-electron chi connectivity index (χ3n) is 35.8. The van der Waals surface area contributed by atoms with Crippen molar-refractivity contribution >= 4 is 0 Å². The van der Waals surface area contributed by atoms with Crippen molar-refractivity contribution in [3.8, 4) is 0 Å². The third-order valence-corrected chi connectivity index (χ3v) is 35.8. The fraction of sp³-hybridized carbons (Fsp3) is 0.933.